The summed E-state index contributed by atoms with van der Waals surface area (Å²) in [5.41, 5.74) is 5.98. The van der Waals surface area contributed by atoms with Crippen LogP contribution in [0.2, 0.25) is 0 Å². The number of rotatable bonds is 6. The molecule has 4 nitrogen and oxygen atoms in total. The van der Waals surface area contributed by atoms with Crippen LogP contribution >= 0.6 is 0 Å². The molecule has 18 heavy (non-hydrogen) atoms. The lowest BCUT2D eigenvalue weighted by Crippen LogP contribution is -2.43. The lowest BCUT2D eigenvalue weighted by atomic mass is 9.85. The summed E-state index contributed by atoms with van der Waals surface area (Å²) in [5, 5.41) is 0. The van der Waals surface area contributed by atoms with E-state index in [1.165, 1.54) is 0 Å². The van der Waals surface area contributed by atoms with E-state index in [-0.39, 0.29) is 12.0 Å². The fourth-order valence-electron chi connectivity index (χ4n) is 2.63. The number of hydrogen-bond donors (Lipinski definition) is 1. The first kappa shape index (κ1) is 15.4. The number of carbonyl (C=O) groups is 1. The average Bonchev–Trinajstić information content (AvgIpc) is 2.33. The number of likely N-dealkylation sites (N-methyl/N-ethyl adjacent to an activating group) is 1. The average molecular weight is 255 g/mol. The van der Waals surface area contributed by atoms with Gasteiger partial charge in [0.15, 0.2) is 0 Å². The lowest BCUT2D eigenvalue weighted by Gasteiger charge is -2.32. The second-order valence-corrected chi connectivity index (χ2v) is 5.75. The molecule has 106 valence electrons. The molecule has 1 amide bonds. The van der Waals surface area contributed by atoms with E-state index in [9.17, 15) is 4.79 Å². The molecule has 4 heteroatoms. The van der Waals surface area contributed by atoms with Crippen LogP contribution in [0.4, 0.5) is 0 Å². The summed E-state index contributed by atoms with van der Waals surface area (Å²) in [6.45, 7) is 4.77. The fourth-order valence-corrected chi connectivity index (χ4v) is 2.63. The molecule has 0 aromatic rings. The Kier molecular flexibility index (Phi) is 6.65. The molecule has 1 saturated carbocycles. The summed E-state index contributed by atoms with van der Waals surface area (Å²) >= 11 is 0. The van der Waals surface area contributed by atoms with Gasteiger partial charge in [0.2, 0.25) is 5.91 Å². The van der Waals surface area contributed by atoms with E-state index >= 15 is 0 Å². The van der Waals surface area contributed by atoms with E-state index in [0.717, 1.165) is 51.7 Å². The van der Waals surface area contributed by atoms with Crippen molar-refractivity contribution in [3.05, 3.63) is 0 Å². The molecule has 2 unspecified atom stereocenters. The van der Waals surface area contributed by atoms with E-state index < -0.39 is 0 Å². The van der Waals surface area contributed by atoms with Crippen molar-refractivity contribution < 1.29 is 4.79 Å². The van der Waals surface area contributed by atoms with Gasteiger partial charge in [0.1, 0.15) is 0 Å². The van der Waals surface area contributed by atoms with Crippen molar-refractivity contribution in [2.24, 2.45) is 11.7 Å². The van der Waals surface area contributed by atoms with Crippen LogP contribution in [0.5, 0.6) is 0 Å². The highest BCUT2D eigenvalue weighted by atomic mass is 16.2. The van der Waals surface area contributed by atoms with Gasteiger partial charge in [-0.2, -0.15) is 0 Å². The molecule has 0 aromatic carbocycles. The Hall–Kier alpha value is -0.610. The number of nitrogens with zero attached hydrogens (tertiary/aromatic N) is 2. The van der Waals surface area contributed by atoms with Crippen molar-refractivity contribution in [2.75, 3.05) is 33.7 Å². The molecular formula is C14H29N3O. The molecule has 0 spiro atoms. The SMILES string of the molecule is CCCN(CCN(C)C)C(=O)C1CCCC(N)C1. The standard InChI is InChI=1S/C14H29N3O/c1-4-8-17(10-9-16(2)3)14(18)12-6-5-7-13(15)11-12/h12-13H,4-11,15H2,1-3H3. The Balaban J connectivity index is 2.51. The summed E-state index contributed by atoms with van der Waals surface area (Å²) in [6.07, 6.45) is 5.11. The van der Waals surface area contributed by atoms with Crippen LogP contribution in [0.15, 0.2) is 0 Å². The summed E-state index contributed by atoms with van der Waals surface area (Å²) in [4.78, 5) is 16.7. The van der Waals surface area contributed by atoms with Crippen molar-refractivity contribution >= 4 is 5.91 Å². The van der Waals surface area contributed by atoms with Crippen LogP contribution in [0, 0.1) is 5.92 Å². The van der Waals surface area contributed by atoms with Gasteiger partial charge in [-0.25, -0.2) is 0 Å². The minimum Gasteiger partial charge on any atom is -0.341 e. The lowest BCUT2D eigenvalue weighted by molar-refractivity contribution is -0.137. The van der Waals surface area contributed by atoms with Gasteiger partial charge in [-0.15, -0.1) is 0 Å². The molecule has 1 fully saturated rings. The Bertz CT molecular complexity index is 255. The minimum atomic E-state index is 0.169. The van der Waals surface area contributed by atoms with Crippen molar-refractivity contribution in [1.29, 1.82) is 0 Å². The van der Waals surface area contributed by atoms with Crippen LogP contribution in [0.25, 0.3) is 0 Å². The van der Waals surface area contributed by atoms with Crippen LogP contribution in [0.3, 0.4) is 0 Å². The summed E-state index contributed by atoms with van der Waals surface area (Å²) in [7, 11) is 4.09. The highest BCUT2D eigenvalue weighted by Gasteiger charge is 2.28. The van der Waals surface area contributed by atoms with E-state index in [1.807, 2.05) is 19.0 Å². The van der Waals surface area contributed by atoms with E-state index in [4.69, 9.17) is 5.73 Å². The summed E-state index contributed by atoms with van der Waals surface area (Å²) in [6, 6.07) is 0.227. The predicted molar refractivity (Wildman–Crippen MR) is 75.4 cm³/mol. The van der Waals surface area contributed by atoms with Crippen LogP contribution in [0.1, 0.15) is 39.0 Å². The van der Waals surface area contributed by atoms with Crippen LogP contribution in [-0.2, 0) is 4.79 Å². The van der Waals surface area contributed by atoms with Crippen molar-refractivity contribution in [2.45, 2.75) is 45.1 Å². The summed E-state index contributed by atoms with van der Waals surface area (Å²) < 4.78 is 0. The Morgan fingerprint density at radius 1 is 1.22 bits per heavy atom. The Labute approximate surface area is 111 Å². The molecule has 0 bridgehead atoms. The number of nitrogens with two attached hydrogens (primary N) is 1. The van der Waals surface area contributed by atoms with E-state index in [0.29, 0.717) is 5.91 Å². The molecule has 1 rings (SSSR count). The zero-order valence-electron chi connectivity index (χ0n) is 12.2. The van der Waals surface area contributed by atoms with Gasteiger partial charge in [-0.3, -0.25) is 4.79 Å². The first-order chi connectivity index (χ1) is 8.54. The Morgan fingerprint density at radius 3 is 2.50 bits per heavy atom. The van der Waals surface area contributed by atoms with Crippen molar-refractivity contribution in [1.82, 2.24) is 9.80 Å². The van der Waals surface area contributed by atoms with Gasteiger partial charge in [0.25, 0.3) is 0 Å². The zero-order chi connectivity index (χ0) is 13.5. The third kappa shape index (κ3) is 4.94. The second-order valence-electron chi connectivity index (χ2n) is 5.75. The minimum absolute atomic E-state index is 0.169. The topological polar surface area (TPSA) is 49.6 Å². The van der Waals surface area contributed by atoms with Crippen molar-refractivity contribution in [3.8, 4) is 0 Å². The van der Waals surface area contributed by atoms with Gasteiger partial charge < -0.3 is 15.5 Å². The van der Waals surface area contributed by atoms with Crippen molar-refractivity contribution in [3.63, 3.8) is 0 Å². The largest absolute Gasteiger partial charge is 0.341 e. The third-order valence-electron chi connectivity index (χ3n) is 3.69. The quantitative estimate of drug-likeness (QED) is 0.778. The highest BCUT2D eigenvalue weighted by molar-refractivity contribution is 5.79. The van der Waals surface area contributed by atoms with Crippen LogP contribution < -0.4 is 5.73 Å². The zero-order valence-corrected chi connectivity index (χ0v) is 12.2. The van der Waals surface area contributed by atoms with Crippen LogP contribution in [-0.4, -0.2) is 55.5 Å². The molecule has 0 radical (unpaired) electrons. The molecule has 0 aromatic heterocycles. The van der Waals surface area contributed by atoms with Gasteiger partial charge in [-0.1, -0.05) is 13.3 Å². The van der Waals surface area contributed by atoms with E-state index in [2.05, 4.69) is 11.8 Å². The maximum absolute atomic E-state index is 12.5. The molecule has 0 aliphatic heterocycles. The second kappa shape index (κ2) is 7.74. The molecule has 0 saturated heterocycles. The molecule has 0 heterocycles. The maximum Gasteiger partial charge on any atom is 0.225 e. The van der Waals surface area contributed by atoms with Gasteiger partial charge in [0.05, 0.1) is 0 Å². The smallest absolute Gasteiger partial charge is 0.225 e. The van der Waals surface area contributed by atoms with Gasteiger partial charge in [0, 0.05) is 31.6 Å². The molecular weight excluding hydrogens is 226 g/mol. The fraction of sp³-hybridized carbons (Fsp3) is 0.929. The molecule has 1 aliphatic carbocycles. The first-order valence-electron chi connectivity index (χ1n) is 7.23. The highest BCUT2D eigenvalue weighted by Crippen LogP contribution is 2.25. The number of amides is 1. The Morgan fingerprint density at radius 2 is 1.94 bits per heavy atom. The molecule has 2 N–H and O–H groups in total. The number of hydrogen-bond acceptors (Lipinski definition) is 3. The third-order valence-corrected chi connectivity index (χ3v) is 3.69. The monoisotopic (exact) mass is 255 g/mol. The number of carbonyl (C=O) groups excluding carboxylic acids is 1. The molecule has 2 atom stereocenters. The predicted octanol–water partition coefficient (Wildman–Crippen LogP) is 1.30. The normalized spacial score (nSPS) is 24.3. The van der Waals surface area contributed by atoms with Gasteiger partial charge >= 0.3 is 0 Å². The van der Waals surface area contributed by atoms with Gasteiger partial charge in [-0.05, 0) is 39.8 Å². The van der Waals surface area contributed by atoms with E-state index in [1.54, 1.807) is 0 Å². The summed E-state index contributed by atoms with van der Waals surface area (Å²) in [5.74, 6) is 0.497. The maximum atomic E-state index is 12.5. The molecule has 1 aliphatic rings. The first-order valence-corrected chi connectivity index (χ1v) is 7.23.